The number of ether oxygens (including phenoxy) is 1. The second-order valence-corrected chi connectivity index (χ2v) is 8.76. The van der Waals surface area contributed by atoms with Gasteiger partial charge >= 0.3 is 0 Å². The van der Waals surface area contributed by atoms with E-state index in [9.17, 15) is 22.8 Å². The molecule has 3 aromatic carbocycles. The molecule has 0 saturated carbocycles. The maximum absolute atomic E-state index is 14.0. The lowest BCUT2D eigenvalue weighted by molar-refractivity contribution is -0.115. The first-order valence-corrected chi connectivity index (χ1v) is 11.5. The standard InChI is InChI=1S/C25H20F3N3O3S/c1-3-34-16-10-8-15(9-11-16)31-24(33)17-6-4-5-7-19(17)30-25(31)35-14(2)23(32)29-20-13-12-18(26)21(27)22(20)28/h4-14H,3H2,1-2H3,(H,29,32). The van der Waals surface area contributed by atoms with Gasteiger partial charge in [0.15, 0.2) is 22.6 Å². The van der Waals surface area contributed by atoms with Crippen LogP contribution in [0.25, 0.3) is 16.6 Å². The van der Waals surface area contributed by atoms with Gasteiger partial charge in [0.1, 0.15) is 5.75 Å². The van der Waals surface area contributed by atoms with E-state index in [1.807, 2.05) is 6.92 Å². The number of hydrogen-bond donors (Lipinski definition) is 1. The van der Waals surface area contributed by atoms with Crippen molar-refractivity contribution in [3.8, 4) is 11.4 Å². The number of carbonyl (C=O) groups is 1. The van der Waals surface area contributed by atoms with Crippen LogP contribution in [-0.4, -0.2) is 27.3 Å². The summed E-state index contributed by atoms with van der Waals surface area (Å²) in [6.07, 6.45) is 0. The molecule has 4 rings (SSSR count). The quantitative estimate of drug-likeness (QED) is 0.212. The number of nitrogens with zero attached hydrogens (tertiary/aromatic N) is 2. The third-order valence-corrected chi connectivity index (χ3v) is 6.15. The lowest BCUT2D eigenvalue weighted by Crippen LogP contribution is -2.26. The van der Waals surface area contributed by atoms with Crippen molar-refractivity contribution >= 4 is 34.3 Å². The maximum Gasteiger partial charge on any atom is 0.266 e. The van der Waals surface area contributed by atoms with Gasteiger partial charge in [0.25, 0.3) is 5.56 Å². The second kappa shape index (κ2) is 10.2. The molecule has 0 fully saturated rings. The molecule has 0 radical (unpaired) electrons. The Kier molecular flexibility index (Phi) is 7.11. The Labute approximate surface area is 202 Å². The van der Waals surface area contributed by atoms with E-state index >= 15 is 0 Å². The smallest absolute Gasteiger partial charge is 0.266 e. The van der Waals surface area contributed by atoms with E-state index in [-0.39, 0.29) is 10.7 Å². The summed E-state index contributed by atoms with van der Waals surface area (Å²) < 4.78 is 47.6. The molecule has 1 N–H and O–H groups in total. The number of thioether (sulfide) groups is 1. The summed E-state index contributed by atoms with van der Waals surface area (Å²) in [7, 11) is 0. The Bertz CT molecular complexity index is 1460. The van der Waals surface area contributed by atoms with Crippen molar-refractivity contribution in [2.24, 2.45) is 0 Å². The number of halogens is 3. The molecule has 0 bridgehead atoms. The Hall–Kier alpha value is -3.79. The van der Waals surface area contributed by atoms with Gasteiger partial charge in [-0.15, -0.1) is 0 Å². The lowest BCUT2D eigenvalue weighted by Gasteiger charge is -2.17. The molecule has 1 atom stereocenters. The van der Waals surface area contributed by atoms with Crippen LogP contribution in [0.5, 0.6) is 5.75 Å². The molecular formula is C25H20F3N3O3S. The molecule has 1 aromatic heterocycles. The Morgan fingerprint density at radius 3 is 2.49 bits per heavy atom. The average molecular weight is 500 g/mol. The number of nitrogens with one attached hydrogen (secondary N) is 1. The summed E-state index contributed by atoms with van der Waals surface area (Å²) in [6.45, 7) is 3.88. The van der Waals surface area contributed by atoms with E-state index < -0.39 is 34.3 Å². The van der Waals surface area contributed by atoms with Crippen LogP contribution in [0.4, 0.5) is 18.9 Å². The number of amides is 1. The largest absolute Gasteiger partial charge is 0.494 e. The predicted octanol–water partition coefficient (Wildman–Crippen LogP) is 5.32. The highest BCUT2D eigenvalue weighted by atomic mass is 32.2. The van der Waals surface area contributed by atoms with Crippen molar-refractivity contribution < 1.29 is 22.7 Å². The molecule has 6 nitrogen and oxygen atoms in total. The van der Waals surface area contributed by atoms with E-state index in [0.29, 0.717) is 28.9 Å². The van der Waals surface area contributed by atoms with Gasteiger partial charge in [-0.1, -0.05) is 23.9 Å². The van der Waals surface area contributed by atoms with Gasteiger partial charge in [-0.3, -0.25) is 14.2 Å². The van der Waals surface area contributed by atoms with Crippen molar-refractivity contribution in [1.82, 2.24) is 9.55 Å². The van der Waals surface area contributed by atoms with E-state index in [0.717, 1.165) is 23.9 Å². The molecule has 1 unspecified atom stereocenters. The molecule has 0 aliphatic rings. The third-order valence-electron chi connectivity index (χ3n) is 5.10. The van der Waals surface area contributed by atoms with Gasteiger partial charge < -0.3 is 10.1 Å². The van der Waals surface area contributed by atoms with Gasteiger partial charge in [-0.05, 0) is 62.4 Å². The first-order valence-electron chi connectivity index (χ1n) is 10.7. The Morgan fingerprint density at radius 2 is 1.77 bits per heavy atom. The molecule has 0 aliphatic carbocycles. The highest BCUT2D eigenvalue weighted by molar-refractivity contribution is 8.00. The zero-order valence-electron chi connectivity index (χ0n) is 18.7. The molecule has 0 saturated heterocycles. The monoisotopic (exact) mass is 499 g/mol. The molecule has 35 heavy (non-hydrogen) atoms. The third kappa shape index (κ3) is 5.02. The lowest BCUT2D eigenvalue weighted by atomic mass is 10.2. The molecule has 0 spiro atoms. The van der Waals surface area contributed by atoms with Crippen molar-refractivity contribution in [3.05, 3.63) is 88.5 Å². The molecule has 0 aliphatic heterocycles. The van der Waals surface area contributed by atoms with E-state index in [2.05, 4.69) is 10.3 Å². The first kappa shape index (κ1) is 24.3. The molecule has 180 valence electrons. The average Bonchev–Trinajstić information content (AvgIpc) is 2.85. The van der Waals surface area contributed by atoms with Crippen molar-refractivity contribution in [3.63, 3.8) is 0 Å². The molecule has 1 heterocycles. The highest BCUT2D eigenvalue weighted by Crippen LogP contribution is 2.27. The summed E-state index contributed by atoms with van der Waals surface area (Å²) in [6, 6.07) is 15.3. The van der Waals surface area contributed by atoms with Crippen LogP contribution >= 0.6 is 11.8 Å². The minimum absolute atomic E-state index is 0.228. The van der Waals surface area contributed by atoms with Crippen LogP contribution in [0.2, 0.25) is 0 Å². The maximum atomic E-state index is 14.0. The van der Waals surface area contributed by atoms with Crippen LogP contribution in [0.1, 0.15) is 13.8 Å². The number of hydrogen-bond acceptors (Lipinski definition) is 5. The Morgan fingerprint density at radius 1 is 1.06 bits per heavy atom. The summed E-state index contributed by atoms with van der Waals surface area (Å²) >= 11 is 0.967. The summed E-state index contributed by atoms with van der Waals surface area (Å²) in [5.74, 6) is -4.58. The van der Waals surface area contributed by atoms with Crippen molar-refractivity contribution in [2.75, 3.05) is 11.9 Å². The topological polar surface area (TPSA) is 73.2 Å². The second-order valence-electron chi connectivity index (χ2n) is 7.45. The van der Waals surface area contributed by atoms with Gasteiger partial charge in [-0.25, -0.2) is 18.2 Å². The van der Waals surface area contributed by atoms with Crippen LogP contribution in [0.15, 0.2) is 70.6 Å². The van der Waals surface area contributed by atoms with Crippen LogP contribution < -0.4 is 15.6 Å². The fourth-order valence-electron chi connectivity index (χ4n) is 3.35. The van der Waals surface area contributed by atoms with E-state index in [1.165, 1.54) is 11.5 Å². The fourth-order valence-corrected chi connectivity index (χ4v) is 4.27. The Balaban J connectivity index is 1.70. The number of benzene rings is 3. The summed E-state index contributed by atoms with van der Waals surface area (Å²) in [5, 5.41) is 2.01. The fraction of sp³-hybridized carbons (Fsp3) is 0.160. The number of carbonyl (C=O) groups excluding carboxylic acids is 1. The number of rotatable bonds is 7. The molecule has 1 amide bonds. The minimum atomic E-state index is -1.68. The van der Waals surface area contributed by atoms with E-state index in [4.69, 9.17) is 4.74 Å². The van der Waals surface area contributed by atoms with Gasteiger partial charge in [-0.2, -0.15) is 0 Å². The molecular weight excluding hydrogens is 479 g/mol. The van der Waals surface area contributed by atoms with Crippen LogP contribution in [-0.2, 0) is 4.79 Å². The molecule has 10 heteroatoms. The van der Waals surface area contributed by atoms with Gasteiger partial charge in [0.05, 0.1) is 34.1 Å². The summed E-state index contributed by atoms with van der Waals surface area (Å²) in [5.41, 5.74) is 0.137. The molecule has 4 aromatic rings. The zero-order valence-corrected chi connectivity index (χ0v) is 19.5. The highest BCUT2D eigenvalue weighted by Gasteiger charge is 2.22. The predicted molar refractivity (Wildman–Crippen MR) is 129 cm³/mol. The van der Waals surface area contributed by atoms with Crippen LogP contribution in [0.3, 0.4) is 0 Å². The number of aromatic nitrogens is 2. The number of para-hydroxylation sites is 1. The first-order chi connectivity index (χ1) is 16.8. The SMILES string of the molecule is CCOc1ccc(-n2c(SC(C)C(=O)Nc3ccc(F)c(F)c3F)nc3ccccc3c2=O)cc1. The van der Waals surface area contributed by atoms with Crippen molar-refractivity contribution in [1.29, 1.82) is 0 Å². The summed E-state index contributed by atoms with van der Waals surface area (Å²) in [4.78, 5) is 30.7. The van der Waals surface area contributed by atoms with Gasteiger partial charge in [0.2, 0.25) is 5.91 Å². The van der Waals surface area contributed by atoms with Gasteiger partial charge in [0, 0.05) is 0 Å². The van der Waals surface area contributed by atoms with E-state index in [1.54, 1.807) is 48.5 Å². The zero-order chi connectivity index (χ0) is 25.1. The van der Waals surface area contributed by atoms with Crippen molar-refractivity contribution in [2.45, 2.75) is 24.3 Å². The number of anilines is 1. The minimum Gasteiger partial charge on any atom is -0.494 e. The van der Waals surface area contributed by atoms with Crippen LogP contribution in [0, 0.1) is 17.5 Å². The number of fused-ring (bicyclic) bond motifs is 1. The normalized spacial score (nSPS) is 11.9.